The normalized spacial score (nSPS) is 18.5. The van der Waals surface area contributed by atoms with Gasteiger partial charge in [-0.1, -0.05) is 42.5 Å². The van der Waals surface area contributed by atoms with Crippen LogP contribution in [0.5, 0.6) is 0 Å². The van der Waals surface area contributed by atoms with E-state index in [1.807, 2.05) is 60.8 Å². The Morgan fingerprint density at radius 3 is 2.56 bits per heavy atom. The molecule has 1 aliphatic rings. The summed E-state index contributed by atoms with van der Waals surface area (Å²) in [5.74, 6) is 0. The molecule has 5 nitrogen and oxygen atoms in total. The third-order valence-corrected chi connectivity index (χ3v) is 6.70. The topological polar surface area (TPSA) is 62.3 Å². The number of benzene rings is 2. The third kappa shape index (κ3) is 3.59. The van der Waals surface area contributed by atoms with E-state index in [4.69, 9.17) is 0 Å². The fourth-order valence-electron chi connectivity index (χ4n) is 3.46. The molecule has 0 aliphatic carbocycles. The van der Waals surface area contributed by atoms with Crippen molar-refractivity contribution in [2.24, 2.45) is 0 Å². The molecule has 0 amide bonds. The van der Waals surface area contributed by atoms with Crippen LogP contribution < -0.4 is 9.62 Å². The first-order valence-electron chi connectivity index (χ1n) is 8.95. The lowest BCUT2D eigenvalue weighted by Crippen LogP contribution is -2.31. The van der Waals surface area contributed by atoms with Gasteiger partial charge in [0.1, 0.15) is 0 Å². The summed E-state index contributed by atoms with van der Waals surface area (Å²) in [6.45, 7) is 1.06. The minimum Gasteiger partial charge on any atom is -0.306 e. The highest BCUT2D eigenvalue weighted by Crippen LogP contribution is 2.34. The molecule has 138 valence electrons. The Hall–Kier alpha value is -2.70. The number of sulfonamides is 1. The molecule has 2 heterocycles. The fraction of sp³-hybridized carbons (Fsp3) is 0.190. The highest BCUT2D eigenvalue weighted by Gasteiger charge is 2.33. The summed E-state index contributed by atoms with van der Waals surface area (Å²) < 4.78 is 28.2. The molecule has 4 rings (SSSR count). The molecule has 0 radical (unpaired) electrons. The predicted octanol–water partition coefficient (Wildman–Crippen LogP) is 3.51. The van der Waals surface area contributed by atoms with Gasteiger partial charge < -0.3 is 5.32 Å². The number of nitrogens with one attached hydrogen (secondary N) is 1. The van der Waals surface area contributed by atoms with Crippen LogP contribution >= 0.6 is 0 Å². The van der Waals surface area contributed by atoms with Gasteiger partial charge in [-0.15, -0.1) is 0 Å². The predicted molar refractivity (Wildman–Crippen MR) is 106 cm³/mol. The van der Waals surface area contributed by atoms with Crippen LogP contribution in [0.4, 0.5) is 5.69 Å². The third-order valence-electron chi connectivity index (χ3n) is 4.80. The van der Waals surface area contributed by atoms with E-state index in [9.17, 15) is 8.42 Å². The summed E-state index contributed by atoms with van der Waals surface area (Å²) in [6, 6.07) is 20.4. The van der Waals surface area contributed by atoms with Crippen LogP contribution in [0, 0.1) is 0 Å². The lowest BCUT2D eigenvalue weighted by molar-refractivity contribution is 0.503. The summed E-state index contributed by atoms with van der Waals surface area (Å²) in [7, 11) is -3.61. The summed E-state index contributed by atoms with van der Waals surface area (Å²) in [5.41, 5.74) is 2.59. The van der Waals surface area contributed by atoms with Gasteiger partial charge in [0.25, 0.3) is 10.0 Å². The van der Waals surface area contributed by atoms with E-state index in [1.54, 1.807) is 18.3 Å². The van der Waals surface area contributed by atoms with Gasteiger partial charge in [-0.3, -0.25) is 9.29 Å². The van der Waals surface area contributed by atoms with Gasteiger partial charge in [-0.25, -0.2) is 8.42 Å². The van der Waals surface area contributed by atoms with Crippen LogP contribution in [0.3, 0.4) is 0 Å². The Morgan fingerprint density at radius 1 is 1.00 bits per heavy atom. The molecular weight excluding hydrogens is 358 g/mol. The van der Waals surface area contributed by atoms with Gasteiger partial charge in [-0.2, -0.15) is 0 Å². The minimum atomic E-state index is -3.61. The number of rotatable bonds is 4. The molecule has 1 N–H and O–H groups in total. The maximum Gasteiger partial charge on any atom is 0.264 e. The number of anilines is 1. The number of pyridine rings is 1. The average Bonchev–Trinajstić information content (AvgIpc) is 2.82. The zero-order valence-corrected chi connectivity index (χ0v) is 15.6. The van der Waals surface area contributed by atoms with Gasteiger partial charge in [-0.05, 0) is 41.8 Å². The number of nitrogens with zero attached hydrogens (tertiary/aromatic N) is 2. The first kappa shape index (κ1) is 17.7. The van der Waals surface area contributed by atoms with E-state index in [-0.39, 0.29) is 6.04 Å². The van der Waals surface area contributed by atoms with Gasteiger partial charge in [0, 0.05) is 31.5 Å². The van der Waals surface area contributed by atoms with Crippen molar-refractivity contribution >= 4 is 15.7 Å². The number of fused-ring (bicyclic) bond motifs is 1. The zero-order chi connectivity index (χ0) is 18.7. The monoisotopic (exact) mass is 379 g/mol. The molecular formula is C21H21N3O2S. The van der Waals surface area contributed by atoms with E-state index in [0.29, 0.717) is 30.1 Å². The molecule has 0 fully saturated rings. The van der Waals surface area contributed by atoms with Crippen molar-refractivity contribution in [2.75, 3.05) is 10.8 Å². The van der Waals surface area contributed by atoms with Crippen LogP contribution in [-0.2, 0) is 16.6 Å². The first-order chi connectivity index (χ1) is 13.2. The molecule has 1 atom stereocenters. The summed E-state index contributed by atoms with van der Waals surface area (Å²) in [4.78, 5) is 4.51. The summed E-state index contributed by atoms with van der Waals surface area (Å²) >= 11 is 0. The molecule has 0 saturated heterocycles. The summed E-state index contributed by atoms with van der Waals surface area (Å²) in [5, 5.41) is 3.51. The standard InChI is InChI=1S/C21H21N3O2S/c25-27(26)21-11-5-4-10-19(21)20(23-16-17-7-6-13-22-15-17)12-14-24(27)18-8-2-1-3-9-18/h1-11,13,15,20,23H,12,14,16H2. The fourth-order valence-corrected chi connectivity index (χ4v) is 5.20. The van der Waals surface area contributed by atoms with E-state index in [2.05, 4.69) is 10.3 Å². The Bertz CT molecular complexity index is 1010. The molecule has 27 heavy (non-hydrogen) atoms. The smallest absolute Gasteiger partial charge is 0.264 e. The second kappa shape index (κ2) is 7.50. The van der Waals surface area contributed by atoms with E-state index in [0.717, 1.165) is 11.1 Å². The number of para-hydroxylation sites is 1. The van der Waals surface area contributed by atoms with Gasteiger partial charge in [0.2, 0.25) is 0 Å². The SMILES string of the molecule is O=S1(=O)c2ccccc2C(NCc2cccnc2)CCN1c1ccccc1. The highest BCUT2D eigenvalue weighted by molar-refractivity contribution is 7.92. The van der Waals surface area contributed by atoms with Crippen LogP contribution in [-0.4, -0.2) is 19.9 Å². The molecule has 1 aliphatic heterocycles. The average molecular weight is 379 g/mol. The van der Waals surface area contributed by atoms with E-state index < -0.39 is 10.0 Å². The van der Waals surface area contributed by atoms with Crippen LogP contribution in [0.25, 0.3) is 0 Å². The van der Waals surface area contributed by atoms with Crippen molar-refractivity contribution in [2.45, 2.75) is 23.9 Å². The summed E-state index contributed by atoms with van der Waals surface area (Å²) in [6.07, 6.45) is 4.25. The highest BCUT2D eigenvalue weighted by atomic mass is 32.2. The number of hydrogen-bond acceptors (Lipinski definition) is 4. The van der Waals surface area contributed by atoms with Gasteiger partial charge >= 0.3 is 0 Å². The molecule has 0 bridgehead atoms. The van der Waals surface area contributed by atoms with Gasteiger partial charge in [0.15, 0.2) is 0 Å². The van der Waals surface area contributed by atoms with Crippen molar-refractivity contribution < 1.29 is 8.42 Å². The van der Waals surface area contributed by atoms with E-state index >= 15 is 0 Å². The molecule has 2 aromatic carbocycles. The number of hydrogen-bond donors (Lipinski definition) is 1. The van der Waals surface area contributed by atoms with Gasteiger partial charge in [0.05, 0.1) is 10.6 Å². The number of aromatic nitrogens is 1. The van der Waals surface area contributed by atoms with Crippen molar-refractivity contribution in [3.05, 3.63) is 90.3 Å². The Labute approximate surface area is 159 Å². The molecule has 1 aromatic heterocycles. The Kier molecular flexibility index (Phi) is 4.92. The van der Waals surface area contributed by atoms with E-state index in [1.165, 1.54) is 4.31 Å². The van der Waals surface area contributed by atoms with Crippen molar-refractivity contribution in [3.8, 4) is 0 Å². The largest absolute Gasteiger partial charge is 0.306 e. The lowest BCUT2D eigenvalue weighted by Gasteiger charge is -2.22. The Balaban J connectivity index is 1.69. The van der Waals surface area contributed by atoms with Crippen molar-refractivity contribution in [1.82, 2.24) is 10.3 Å². The first-order valence-corrected chi connectivity index (χ1v) is 10.4. The van der Waals surface area contributed by atoms with Crippen molar-refractivity contribution in [1.29, 1.82) is 0 Å². The maximum absolute atomic E-state index is 13.3. The zero-order valence-electron chi connectivity index (χ0n) is 14.8. The second-order valence-corrected chi connectivity index (χ2v) is 8.36. The minimum absolute atomic E-state index is 0.0510. The second-order valence-electron chi connectivity index (χ2n) is 6.53. The molecule has 0 spiro atoms. The maximum atomic E-state index is 13.3. The van der Waals surface area contributed by atoms with Crippen LogP contribution in [0.1, 0.15) is 23.6 Å². The molecule has 6 heteroatoms. The van der Waals surface area contributed by atoms with Crippen LogP contribution in [0.15, 0.2) is 84.0 Å². The quantitative estimate of drug-likeness (QED) is 0.753. The molecule has 3 aromatic rings. The van der Waals surface area contributed by atoms with Crippen LogP contribution in [0.2, 0.25) is 0 Å². The Morgan fingerprint density at radius 2 is 1.78 bits per heavy atom. The molecule has 0 saturated carbocycles. The lowest BCUT2D eigenvalue weighted by atomic mass is 10.0. The molecule has 1 unspecified atom stereocenters. The van der Waals surface area contributed by atoms with Crippen molar-refractivity contribution in [3.63, 3.8) is 0 Å².